The van der Waals surface area contributed by atoms with Crippen LogP contribution < -0.4 is 10.1 Å². The molecule has 5 heteroatoms. The number of aromatic nitrogens is 1. The highest BCUT2D eigenvalue weighted by Gasteiger charge is 2.29. The van der Waals surface area contributed by atoms with Crippen molar-refractivity contribution in [2.75, 3.05) is 6.61 Å². The summed E-state index contributed by atoms with van der Waals surface area (Å²) in [6.07, 6.45) is 4.05. The Morgan fingerprint density at radius 3 is 3.18 bits per heavy atom. The zero-order valence-electron chi connectivity index (χ0n) is 12.6. The molecule has 116 valence electrons. The number of nitrogens with one attached hydrogen (secondary N) is 1. The van der Waals surface area contributed by atoms with Crippen LogP contribution in [-0.2, 0) is 11.2 Å². The number of rotatable bonds is 6. The lowest BCUT2D eigenvalue weighted by atomic mass is 9.94. The molecule has 1 aliphatic heterocycles. The van der Waals surface area contributed by atoms with Gasteiger partial charge >= 0.3 is 0 Å². The Bertz CT molecular complexity index is 627. The van der Waals surface area contributed by atoms with Crippen LogP contribution in [0.5, 0.6) is 5.75 Å². The van der Waals surface area contributed by atoms with Gasteiger partial charge < -0.3 is 10.1 Å². The summed E-state index contributed by atoms with van der Waals surface area (Å²) in [5.41, 5.74) is 1.19. The number of carbonyl (C=O) groups excluding carboxylic acids is 1. The summed E-state index contributed by atoms with van der Waals surface area (Å²) in [4.78, 5) is 16.3. The summed E-state index contributed by atoms with van der Waals surface area (Å²) >= 11 is 1.64. The quantitative estimate of drug-likeness (QED) is 0.890. The SMILES string of the molecule is CC(NC(=O)CCCc1nccs1)C1COc2ccccc21. The van der Waals surface area contributed by atoms with Gasteiger partial charge in [-0.05, 0) is 25.8 Å². The third kappa shape index (κ3) is 3.47. The highest BCUT2D eigenvalue weighted by atomic mass is 32.1. The molecule has 3 rings (SSSR count). The molecule has 0 radical (unpaired) electrons. The average molecular weight is 316 g/mol. The van der Waals surface area contributed by atoms with Crippen molar-refractivity contribution in [3.05, 3.63) is 46.4 Å². The van der Waals surface area contributed by atoms with Crippen molar-refractivity contribution in [3.8, 4) is 5.75 Å². The molecule has 0 bridgehead atoms. The molecular formula is C17H20N2O2S. The van der Waals surface area contributed by atoms with Gasteiger partial charge in [-0.15, -0.1) is 11.3 Å². The summed E-state index contributed by atoms with van der Waals surface area (Å²) in [5.74, 6) is 1.28. The predicted molar refractivity (Wildman–Crippen MR) is 87.3 cm³/mol. The molecule has 0 saturated heterocycles. The molecule has 1 amide bonds. The lowest BCUT2D eigenvalue weighted by molar-refractivity contribution is -0.121. The molecule has 2 unspecified atom stereocenters. The monoisotopic (exact) mass is 316 g/mol. The molecule has 0 fully saturated rings. The normalized spacial score (nSPS) is 17.6. The fourth-order valence-corrected chi connectivity index (χ4v) is 3.47. The van der Waals surface area contributed by atoms with Crippen molar-refractivity contribution in [2.45, 2.75) is 38.1 Å². The summed E-state index contributed by atoms with van der Waals surface area (Å²) in [5, 5.41) is 6.17. The number of hydrogen-bond acceptors (Lipinski definition) is 4. The van der Waals surface area contributed by atoms with Crippen molar-refractivity contribution in [1.29, 1.82) is 0 Å². The van der Waals surface area contributed by atoms with Crippen LogP contribution >= 0.6 is 11.3 Å². The van der Waals surface area contributed by atoms with Crippen molar-refractivity contribution in [3.63, 3.8) is 0 Å². The van der Waals surface area contributed by atoms with E-state index in [0.29, 0.717) is 13.0 Å². The molecular weight excluding hydrogens is 296 g/mol. The van der Waals surface area contributed by atoms with E-state index in [0.717, 1.165) is 23.6 Å². The van der Waals surface area contributed by atoms with Gasteiger partial charge in [-0.25, -0.2) is 4.98 Å². The van der Waals surface area contributed by atoms with Gasteiger partial charge in [-0.1, -0.05) is 18.2 Å². The molecule has 0 aliphatic carbocycles. The largest absolute Gasteiger partial charge is 0.493 e. The summed E-state index contributed by atoms with van der Waals surface area (Å²) in [6, 6.07) is 8.14. The fourth-order valence-electron chi connectivity index (χ4n) is 2.80. The third-order valence-electron chi connectivity index (χ3n) is 4.01. The second kappa shape index (κ2) is 6.92. The van der Waals surface area contributed by atoms with Crippen LogP contribution in [0.1, 0.15) is 36.3 Å². The number of aryl methyl sites for hydroxylation is 1. The van der Waals surface area contributed by atoms with Crippen molar-refractivity contribution in [1.82, 2.24) is 10.3 Å². The summed E-state index contributed by atoms with van der Waals surface area (Å²) < 4.78 is 5.69. The smallest absolute Gasteiger partial charge is 0.220 e. The maximum Gasteiger partial charge on any atom is 0.220 e. The van der Waals surface area contributed by atoms with Crippen LogP contribution in [0.4, 0.5) is 0 Å². The molecule has 1 aromatic heterocycles. The standard InChI is InChI=1S/C17H20N2O2S/c1-12(14-11-21-15-6-3-2-5-13(14)15)19-16(20)7-4-8-17-18-9-10-22-17/h2-3,5-6,9-10,12,14H,4,7-8,11H2,1H3,(H,19,20). The van der Waals surface area contributed by atoms with E-state index in [9.17, 15) is 4.79 Å². The number of para-hydroxylation sites is 1. The Hall–Kier alpha value is -1.88. The van der Waals surface area contributed by atoms with Crippen LogP contribution in [-0.4, -0.2) is 23.5 Å². The van der Waals surface area contributed by atoms with Crippen LogP contribution in [0.15, 0.2) is 35.8 Å². The van der Waals surface area contributed by atoms with Gasteiger partial charge in [0, 0.05) is 35.5 Å². The number of benzene rings is 1. The van der Waals surface area contributed by atoms with E-state index in [4.69, 9.17) is 4.74 Å². The molecule has 0 spiro atoms. The number of ether oxygens (including phenoxy) is 1. The molecule has 2 aromatic rings. The minimum Gasteiger partial charge on any atom is -0.493 e. The highest BCUT2D eigenvalue weighted by Crippen LogP contribution is 2.35. The van der Waals surface area contributed by atoms with Crippen LogP contribution in [0.2, 0.25) is 0 Å². The van der Waals surface area contributed by atoms with E-state index in [1.807, 2.05) is 23.6 Å². The zero-order chi connectivity index (χ0) is 15.4. The molecule has 2 atom stereocenters. The molecule has 2 heterocycles. The summed E-state index contributed by atoms with van der Waals surface area (Å²) in [6.45, 7) is 2.69. The van der Waals surface area contributed by atoms with E-state index in [1.54, 1.807) is 17.5 Å². The molecule has 1 aliphatic rings. The molecule has 1 aromatic carbocycles. The number of amides is 1. The van der Waals surface area contributed by atoms with Gasteiger partial charge in [0.05, 0.1) is 11.6 Å². The van der Waals surface area contributed by atoms with Crippen molar-refractivity contribution < 1.29 is 9.53 Å². The van der Waals surface area contributed by atoms with Gasteiger partial charge in [0.25, 0.3) is 0 Å². The Balaban J connectivity index is 1.47. The Labute approximate surface area is 134 Å². The maximum atomic E-state index is 12.1. The minimum absolute atomic E-state index is 0.0796. The highest BCUT2D eigenvalue weighted by molar-refractivity contribution is 7.09. The van der Waals surface area contributed by atoms with Crippen LogP contribution in [0.3, 0.4) is 0 Å². The van der Waals surface area contributed by atoms with Gasteiger partial charge in [-0.3, -0.25) is 4.79 Å². The first-order valence-corrected chi connectivity index (χ1v) is 8.51. The first kappa shape index (κ1) is 15.0. The van der Waals surface area contributed by atoms with Crippen LogP contribution in [0.25, 0.3) is 0 Å². The molecule has 1 N–H and O–H groups in total. The topological polar surface area (TPSA) is 51.2 Å². The summed E-state index contributed by atoms with van der Waals surface area (Å²) in [7, 11) is 0. The van der Waals surface area contributed by atoms with Crippen molar-refractivity contribution >= 4 is 17.2 Å². The first-order chi connectivity index (χ1) is 10.7. The number of hydrogen-bond donors (Lipinski definition) is 1. The molecule has 22 heavy (non-hydrogen) atoms. The lowest BCUT2D eigenvalue weighted by Gasteiger charge is -2.19. The minimum atomic E-state index is 0.0796. The zero-order valence-corrected chi connectivity index (χ0v) is 13.4. The number of nitrogens with zero attached hydrogens (tertiary/aromatic N) is 1. The second-order valence-electron chi connectivity index (χ2n) is 5.59. The molecule has 4 nitrogen and oxygen atoms in total. The van der Waals surface area contributed by atoms with E-state index < -0.39 is 0 Å². The van der Waals surface area contributed by atoms with E-state index >= 15 is 0 Å². The van der Waals surface area contributed by atoms with Gasteiger partial charge in [-0.2, -0.15) is 0 Å². The Kier molecular flexibility index (Phi) is 4.73. The maximum absolute atomic E-state index is 12.1. The number of fused-ring (bicyclic) bond motifs is 1. The Morgan fingerprint density at radius 2 is 2.36 bits per heavy atom. The number of carbonyl (C=O) groups is 1. The van der Waals surface area contributed by atoms with Crippen LogP contribution in [0, 0.1) is 0 Å². The predicted octanol–water partition coefficient (Wildman–Crippen LogP) is 3.15. The lowest BCUT2D eigenvalue weighted by Crippen LogP contribution is -2.37. The van der Waals surface area contributed by atoms with Crippen molar-refractivity contribution in [2.24, 2.45) is 0 Å². The Morgan fingerprint density at radius 1 is 1.50 bits per heavy atom. The molecule has 0 saturated carbocycles. The number of thiazole rings is 1. The van der Waals surface area contributed by atoms with Gasteiger partial charge in [0.1, 0.15) is 5.75 Å². The fraction of sp³-hybridized carbons (Fsp3) is 0.412. The first-order valence-electron chi connectivity index (χ1n) is 7.63. The third-order valence-corrected chi connectivity index (χ3v) is 4.85. The van der Waals surface area contributed by atoms with E-state index in [-0.39, 0.29) is 17.9 Å². The second-order valence-corrected chi connectivity index (χ2v) is 6.57. The van der Waals surface area contributed by atoms with Gasteiger partial charge in [0.15, 0.2) is 0 Å². The average Bonchev–Trinajstić information content (AvgIpc) is 3.16. The van der Waals surface area contributed by atoms with E-state index in [2.05, 4.69) is 23.3 Å². The van der Waals surface area contributed by atoms with Gasteiger partial charge in [0.2, 0.25) is 5.91 Å². The van der Waals surface area contributed by atoms with E-state index in [1.165, 1.54) is 5.56 Å².